The van der Waals surface area contributed by atoms with Gasteiger partial charge in [0.05, 0.1) is 12.8 Å². The number of fused-ring (bicyclic) bond motifs is 1. The molecular weight excluding hydrogens is 334 g/mol. The van der Waals surface area contributed by atoms with Crippen LogP contribution < -0.4 is 5.32 Å². The number of ether oxygens (including phenoxy) is 1. The van der Waals surface area contributed by atoms with Crippen molar-refractivity contribution in [2.24, 2.45) is 0 Å². The van der Waals surface area contributed by atoms with Gasteiger partial charge in [-0.1, -0.05) is 29.9 Å². The van der Waals surface area contributed by atoms with Gasteiger partial charge in [0, 0.05) is 11.9 Å². The van der Waals surface area contributed by atoms with Crippen molar-refractivity contribution >= 4 is 23.3 Å². The predicted octanol–water partition coefficient (Wildman–Crippen LogP) is 5.44. The van der Waals surface area contributed by atoms with E-state index in [2.05, 4.69) is 59.7 Å². The van der Waals surface area contributed by atoms with E-state index >= 15 is 0 Å². The maximum absolute atomic E-state index is 5.47. The Morgan fingerprint density at radius 3 is 2.93 bits per heavy atom. The van der Waals surface area contributed by atoms with Crippen LogP contribution >= 0.6 is 0 Å². The lowest BCUT2D eigenvalue weighted by molar-refractivity contribution is 0.307. The number of aromatic nitrogens is 2. The van der Waals surface area contributed by atoms with Gasteiger partial charge < -0.3 is 10.1 Å². The third-order valence-electron chi connectivity index (χ3n) is 4.89. The molecular formula is C23H23N3O. The minimum Gasteiger partial charge on any atom is -0.497 e. The number of hydrogen-bond acceptors (Lipinski definition) is 4. The largest absolute Gasteiger partial charge is 0.497 e. The van der Waals surface area contributed by atoms with E-state index in [0.717, 1.165) is 42.0 Å². The summed E-state index contributed by atoms with van der Waals surface area (Å²) in [4.78, 5) is 9.14. The number of methoxy groups -OCH3 is 1. The van der Waals surface area contributed by atoms with Gasteiger partial charge in [0.2, 0.25) is 5.95 Å². The van der Waals surface area contributed by atoms with E-state index in [4.69, 9.17) is 9.72 Å². The zero-order valence-corrected chi connectivity index (χ0v) is 15.7. The average molecular weight is 357 g/mol. The van der Waals surface area contributed by atoms with E-state index in [-0.39, 0.29) is 0 Å². The summed E-state index contributed by atoms with van der Waals surface area (Å²) in [6, 6.07) is 8.32. The van der Waals surface area contributed by atoms with Gasteiger partial charge in [-0.2, -0.15) is 0 Å². The van der Waals surface area contributed by atoms with Crippen LogP contribution in [-0.4, -0.2) is 17.1 Å². The van der Waals surface area contributed by atoms with Crippen molar-refractivity contribution in [3.8, 4) is 0 Å². The van der Waals surface area contributed by atoms with E-state index in [1.807, 2.05) is 12.1 Å². The zero-order valence-electron chi connectivity index (χ0n) is 15.7. The molecule has 0 spiro atoms. The van der Waals surface area contributed by atoms with Crippen molar-refractivity contribution in [1.29, 1.82) is 0 Å². The van der Waals surface area contributed by atoms with E-state index in [9.17, 15) is 0 Å². The highest BCUT2D eigenvalue weighted by atomic mass is 16.5. The molecule has 0 fully saturated rings. The molecule has 0 saturated heterocycles. The molecule has 4 heteroatoms. The maximum atomic E-state index is 5.47. The Labute approximate surface area is 160 Å². The number of nitrogens with zero attached hydrogens (tertiary/aromatic N) is 2. The quantitative estimate of drug-likeness (QED) is 0.791. The van der Waals surface area contributed by atoms with Crippen molar-refractivity contribution in [2.75, 3.05) is 12.4 Å². The smallest absolute Gasteiger partial charge is 0.227 e. The van der Waals surface area contributed by atoms with Crippen molar-refractivity contribution in [3.05, 3.63) is 82.9 Å². The topological polar surface area (TPSA) is 47.0 Å². The van der Waals surface area contributed by atoms with Crippen molar-refractivity contribution < 1.29 is 4.74 Å². The third-order valence-corrected chi connectivity index (χ3v) is 4.89. The fourth-order valence-electron chi connectivity index (χ4n) is 3.32. The molecule has 2 aromatic rings. The number of hydrogen-bond donors (Lipinski definition) is 1. The molecule has 1 N–H and O–H groups in total. The number of anilines is 2. The third kappa shape index (κ3) is 4.00. The Hall–Kier alpha value is -3.14. The number of allylic oxidation sites excluding steroid dienone is 6. The van der Waals surface area contributed by atoms with Crippen molar-refractivity contribution in [2.45, 2.75) is 26.2 Å². The summed E-state index contributed by atoms with van der Waals surface area (Å²) in [5.41, 5.74) is 7.03. The highest BCUT2D eigenvalue weighted by Crippen LogP contribution is 2.27. The summed E-state index contributed by atoms with van der Waals surface area (Å²) >= 11 is 0. The molecule has 1 heterocycles. The predicted molar refractivity (Wildman–Crippen MR) is 111 cm³/mol. The first-order valence-corrected chi connectivity index (χ1v) is 9.23. The Bertz CT molecular complexity index is 983. The summed E-state index contributed by atoms with van der Waals surface area (Å²) < 4.78 is 5.47. The number of benzene rings is 1. The molecule has 1 aromatic heterocycles. The van der Waals surface area contributed by atoms with Crippen LogP contribution in [0.5, 0.6) is 0 Å². The molecule has 2 aliphatic carbocycles. The first-order chi connectivity index (χ1) is 13.2. The van der Waals surface area contributed by atoms with E-state index < -0.39 is 0 Å². The normalized spacial score (nSPS) is 15.9. The SMILES string of the molecule is COC1=CC=C(C)CCC(c2ccnc(Nc3ccc4c(c3)CC=C4)n2)=C1. The summed E-state index contributed by atoms with van der Waals surface area (Å²) in [5.74, 6) is 1.44. The summed E-state index contributed by atoms with van der Waals surface area (Å²) in [7, 11) is 1.69. The summed E-state index contributed by atoms with van der Waals surface area (Å²) in [6.07, 6.45) is 15.2. The fraction of sp³-hybridized carbons (Fsp3) is 0.217. The second-order valence-corrected chi connectivity index (χ2v) is 6.87. The Kier molecular flexibility index (Phi) is 4.88. The standard InChI is InChI=1S/C23H23N3O/c1-16-6-8-19(15-21(27-2)11-7-16)22-12-13-24-23(26-22)25-20-10-9-17-4-3-5-18(17)14-20/h3-4,7,9-15H,5-6,8H2,1-2H3,(H,24,25,26). The van der Waals surface area contributed by atoms with Gasteiger partial charge in [-0.3, -0.25) is 0 Å². The number of nitrogens with one attached hydrogen (secondary N) is 1. The number of rotatable bonds is 4. The molecule has 0 unspecified atom stereocenters. The van der Waals surface area contributed by atoms with E-state index in [1.165, 1.54) is 16.7 Å². The second kappa shape index (κ2) is 7.62. The molecule has 0 aliphatic heterocycles. The van der Waals surface area contributed by atoms with Crippen LogP contribution in [0, 0.1) is 0 Å². The lowest BCUT2D eigenvalue weighted by Gasteiger charge is -2.13. The van der Waals surface area contributed by atoms with Gasteiger partial charge >= 0.3 is 0 Å². The van der Waals surface area contributed by atoms with Crippen LogP contribution in [0.25, 0.3) is 11.6 Å². The van der Waals surface area contributed by atoms with Gasteiger partial charge in [0.15, 0.2) is 0 Å². The van der Waals surface area contributed by atoms with Crippen LogP contribution in [0.15, 0.2) is 66.1 Å². The van der Waals surface area contributed by atoms with E-state index in [1.54, 1.807) is 13.3 Å². The van der Waals surface area contributed by atoms with Crippen LogP contribution in [0.4, 0.5) is 11.6 Å². The lowest BCUT2D eigenvalue weighted by Crippen LogP contribution is -2.01. The van der Waals surface area contributed by atoms with Crippen LogP contribution in [-0.2, 0) is 11.2 Å². The average Bonchev–Trinajstić information content (AvgIpc) is 3.13. The van der Waals surface area contributed by atoms with Gasteiger partial charge in [-0.15, -0.1) is 0 Å². The molecule has 0 radical (unpaired) electrons. The van der Waals surface area contributed by atoms with Gasteiger partial charge in [0.1, 0.15) is 5.76 Å². The van der Waals surface area contributed by atoms with Crippen molar-refractivity contribution in [3.63, 3.8) is 0 Å². The monoisotopic (exact) mass is 357 g/mol. The van der Waals surface area contributed by atoms with Crippen LogP contribution in [0.2, 0.25) is 0 Å². The molecule has 0 saturated carbocycles. The molecule has 0 atom stereocenters. The molecule has 1 aromatic carbocycles. The first-order valence-electron chi connectivity index (χ1n) is 9.23. The van der Waals surface area contributed by atoms with Gasteiger partial charge in [-0.25, -0.2) is 9.97 Å². The molecule has 2 aliphatic rings. The lowest BCUT2D eigenvalue weighted by atomic mass is 9.99. The highest BCUT2D eigenvalue weighted by molar-refractivity contribution is 5.68. The Morgan fingerprint density at radius 1 is 1.11 bits per heavy atom. The summed E-state index contributed by atoms with van der Waals surface area (Å²) in [5, 5.41) is 3.34. The van der Waals surface area contributed by atoms with Crippen LogP contribution in [0.3, 0.4) is 0 Å². The molecule has 0 amide bonds. The first kappa shape index (κ1) is 17.3. The second-order valence-electron chi connectivity index (χ2n) is 6.87. The van der Waals surface area contributed by atoms with Crippen LogP contribution in [0.1, 0.15) is 36.6 Å². The van der Waals surface area contributed by atoms with Gasteiger partial charge in [0.25, 0.3) is 0 Å². The molecule has 4 rings (SSSR count). The molecule has 136 valence electrons. The van der Waals surface area contributed by atoms with Gasteiger partial charge in [-0.05, 0) is 73.2 Å². The maximum Gasteiger partial charge on any atom is 0.227 e. The molecule has 27 heavy (non-hydrogen) atoms. The highest BCUT2D eigenvalue weighted by Gasteiger charge is 2.11. The Balaban J connectivity index is 1.59. The van der Waals surface area contributed by atoms with Crippen molar-refractivity contribution in [1.82, 2.24) is 9.97 Å². The molecule has 4 nitrogen and oxygen atoms in total. The fourth-order valence-corrected chi connectivity index (χ4v) is 3.32. The summed E-state index contributed by atoms with van der Waals surface area (Å²) in [6.45, 7) is 2.14. The van der Waals surface area contributed by atoms with E-state index in [0.29, 0.717) is 5.95 Å². The zero-order chi connectivity index (χ0) is 18.6. The Morgan fingerprint density at radius 2 is 2.04 bits per heavy atom. The molecule has 0 bridgehead atoms. The minimum absolute atomic E-state index is 0.608. The minimum atomic E-state index is 0.608.